The van der Waals surface area contributed by atoms with Crippen LogP contribution in [-0.4, -0.2) is 66.6 Å². The van der Waals surface area contributed by atoms with Crippen molar-refractivity contribution in [3.63, 3.8) is 0 Å². The van der Waals surface area contributed by atoms with Crippen LogP contribution in [0.25, 0.3) is 0 Å². The number of ether oxygens (including phenoxy) is 1. The van der Waals surface area contributed by atoms with Gasteiger partial charge in [-0.2, -0.15) is 8.42 Å². The third-order valence-corrected chi connectivity index (χ3v) is 3.64. The molecule has 0 radical (unpaired) electrons. The summed E-state index contributed by atoms with van der Waals surface area (Å²) < 4.78 is 34.4. The fourth-order valence-corrected chi connectivity index (χ4v) is 2.04. The summed E-state index contributed by atoms with van der Waals surface area (Å²) >= 11 is 0. The molecule has 0 rings (SSSR count). The Kier molecular flexibility index (Phi) is 10.2. The van der Waals surface area contributed by atoms with E-state index in [1.807, 2.05) is 0 Å². The van der Waals surface area contributed by atoms with Gasteiger partial charge >= 0.3 is 35.5 Å². The number of hydrogen-bond acceptors (Lipinski definition) is 5. The molecule has 1 N–H and O–H groups in total. The van der Waals surface area contributed by atoms with Crippen molar-refractivity contribution in [1.82, 2.24) is 0 Å². The Hall–Kier alpha value is 0.0500. The van der Waals surface area contributed by atoms with E-state index in [2.05, 4.69) is 0 Å². The number of rotatable bonds is 8. The van der Waals surface area contributed by atoms with Crippen LogP contribution in [0.3, 0.4) is 0 Å². The molecule has 0 aliphatic rings. The van der Waals surface area contributed by atoms with Crippen LogP contribution in [-0.2, 0) is 24.4 Å². The van der Waals surface area contributed by atoms with Gasteiger partial charge in [-0.15, -0.1) is 0 Å². The zero-order chi connectivity index (χ0) is 14.4. The van der Waals surface area contributed by atoms with Gasteiger partial charge in [-0.3, -0.25) is 14.1 Å². The van der Waals surface area contributed by atoms with E-state index in [1.54, 1.807) is 6.92 Å². The molecule has 108 valence electrons. The fraction of sp³-hybridized carbons (Fsp3) is 0.818. The first kappa shape index (κ1) is 21.4. The molecule has 0 aromatic rings. The van der Waals surface area contributed by atoms with E-state index in [0.717, 1.165) is 0 Å². The van der Waals surface area contributed by atoms with Crippen LogP contribution in [0, 0.1) is 5.41 Å². The summed E-state index contributed by atoms with van der Waals surface area (Å²) in [6.45, 7) is 4.63. The zero-order valence-corrected chi connectivity index (χ0v) is 11.7. The van der Waals surface area contributed by atoms with E-state index in [0.29, 0.717) is 6.42 Å². The fourth-order valence-electron chi connectivity index (χ4n) is 1.48. The van der Waals surface area contributed by atoms with Crippen LogP contribution >= 0.6 is 0 Å². The normalized spacial score (nSPS) is 14.1. The van der Waals surface area contributed by atoms with Gasteiger partial charge in [0.15, 0.2) is 0 Å². The molecule has 0 aliphatic heterocycles. The maximum atomic E-state index is 11.7. The zero-order valence-electron chi connectivity index (χ0n) is 10.9. The van der Waals surface area contributed by atoms with Gasteiger partial charge in [0.1, 0.15) is 11.2 Å². The molecular weight excluding hydrogens is 283 g/mol. The predicted octanol–water partition coefficient (Wildman–Crippen LogP) is 0.554. The maximum absolute atomic E-state index is 11.7. The van der Waals surface area contributed by atoms with Gasteiger partial charge in [0.25, 0.3) is 10.1 Å². The molecule has 0 bridgehead atoms. The molecule has 0 aliphatic carbocycles. The van der Waals surface area contributed by atoms with Crippen LogP contribution < -0.4 is 0 Å². The van der Waals surface area contributed by atoms with Gasteiger partial charge in [-0.1, -0.05) is 6.42 Å². The van der Waals surface area contributed by atoms with Crippen molar-refractivity contribution in [1.29, 1.82) is 0 Å². The third kappa shape index (κ3) is 8.04. The van der Waals surface area contributed by atoms with Crippen molar-refractivity contribution in [2.45, 2.75) is 40.0 Å². The number of carbonyl (C=O) groups is 2. The molecule has 1 unspecified atom stereocenters. The number of hydrogen-bond donors (Lipinski definition) is 1. The average Bonchev–Trinajstić information content (AvgIpc) is 2.22. The number of ketones is 1. The summed E-state index contributed by atoms with van der Waals surface area (Å²) in [5.74, 6) is -1.28. The van der Waals surface area contributed by atoms with Crippen LogP contribution in [0.2, 0.25) is 0 Å². The number of carbonyl (C=O) groups excluding carboxylic acids is 2. The first-order valence-electron chi connectivity index (χ1n) is 5.77. The van der Waals surface area contributed by atoms with Crippen LogP contribution in [0.15, 0.2) is 0 Å². The topological polar surface area (TPSA) is 97.7 Å². The van der Waals surface area contributed by atoms with Crippen molar-refractivity contribution in [3.05, 3.63) is 0 Å². The van der Waals surface area contributed by atoms with Gasteiger partial charge in [0, 0.05) is 0 Å². The Balaban J connectivity index is 0. The molecule has 6 nitrogen and oxygen atoms in total. The molecule has 8 heteroatoms. The first-order valence-corrected chi connectivity index (χ1v) is 7.38. The molecule has 1 atom stereocenters. The predicted molar refractivity (Wildman–Crippen MR) is 72.8 cm³/mol. The number of esters is 1. The second kappa shape index (κ2) is 9.07. The molecular formula is C11H21NaO6S. The van der Waals surface area contributed by atoms with Gasteiger partial charge in [0.05, 0.1) is 12.4 Å². The van der Waals surface area contributed by atoms with Gasteiger partial charge in [0.2, 0.25) is 0 Å². The summed E-state index contributed by atoms with van der Waals surface area (Å²) in [6, 6.07) is 0. The monoisotopic (exact) mass is 304 g/mol. The first-order chi connectivity index (χ1) is 8.13. The second-order valence-corrected chi connectivity index (χ2v) is 5.92. The quantitative estimate of drug-likeness (QED) is 0.231. The summed E-state index contributed by atoms with van der Waals surface area (Å²) in [5.41, 5.74) is -1.24. The van der Waals surface area contributed by atoms with E-state index in [4.69, 9.17) is 9.29 Å². The van der Waals surface area contributed by atoms with Crippen molar-refractivity contribution in [2.75, 3.05) is 12.4 Å². The van der Waals surface area contributed by atoms with Gasteiger partial charge < -0.3 is 4.74 Å². The molecule has 0 heterocycles. The third-order valence-electron chi connectivity index (χ3n) is 2.83. The van der Waals surface area contributed by atoms with Crippen LogP contribution in [0.1, 0.15) is 40.0 Å². The van der Waals surface area contributed by atoms with Crippen molar-refractivity contribution in [3.8, 4) is 0 Å². The minimum atomic E-state index is -3.99. The molecule has 19 heavy (non-hydrogen) atoms. The summed E-state index contributed by atoms with van der Waals surface area (Å²) in [7, 11) is -3.99. The van der Waals surface area contributed by atoms with Crippen LogP contribution in [0.5, 0.6) is 0 Å². The molecule has 0 amide bonds. The SMILES string of the molecule is CCOC(=O)C(C)(CCCCS(=O)(=O)O)C(C)=O.[NaH]. The van der Waals surface area contributed by atoms with Crippen LogP contribution in [0.4, 0.5) is 0 Å². The Labute approximate surface area is 136 Å². The number of unbranched alkanes of at least 4 members (excludes halogenated alkanes) is 1. The minimum absolute atomic E-state index is 0. The Morgan fingerprint density at radius 2 is 1.79 bits per heavy atom. The molecule has 0 aromatic carbocycles. The average molecular weight is 304 g/mol. The summed E-state index contributed by atoms with van der Waals surface area (Å²) in [6.07, 6.45) is 0.743. The molecule has 0 saturated heterocycles. The second-order valence-electron chi connectivity index (χ2n) is 4.35. The van der Waals surface area contributed by atoms with E-state index in [-0.39, 0.29) is 60.5 Å². The van der Waals surface area contributed by atoms with E-state index in [9.17, 15) is 18.0 Å². The number of Topliss-reactive ketones (excluding diaryl/α,β-unsaturated/α-hetero) is 1. The Morgan fingerprint density at radius 3 is 2.16 bits per heavy atom. The Morgan fingerprint density at radius 1 is 1.26 bits per heavy atom. The van der Waals surface area contributed by atoms with Crippen molar-refractivity contribution in [2.24, 2.45) is 5.41 Å². The van der Waals surface area contributed by atoms with Crippen molar-refractivity contribution < 1.29 is 27.3 Å². The summed E-state index contributed by atoms with van der Waals surface area (Å²) in [5, 5.41) is 0. The van der Waals surface area contributed by atoms with E-state index in [1.165, 1.54) is 13.8 Å². The van der Waals surface area contributed by atoms with Gasteiger partial charge in [-0.05, 0) is 33.6 Å². The molecule has 0 aromatic heterocycles. The van der Waals surface area contributed by atoms with Gasteiger partial charge in [-0.25, -0.2) is 0 Å². The van der Waals surface area contributed by atoms with Crippen molar-refractivity contribution >= 4 is 51.4 Å². The molecule has 0 fully saturated rings. The molecule has 0 spiro atoms. The standard InChI is InChI=1S/C11H20O6S.Na.H/c1-4-17-10(13)11(3,9(2)12)7-5-6-8-18(14,15)16;;/h4-8H2,1-3H3,(H,14,15,16);;. The van der Waals surface area contributed by atoms with E-state index < -0.39 is 21.5 Å². The Bertz CT molecular complexity index is 405. The van der Waals surface area contributed by atoms with E-state index >= 15 is 0 Å². The summed E-state index contributed by atoms with van der Waals surface area (Å²) in [4.78, 5) is 23.2. The molecule has 0 saturated carbocycles.